The average Bonchev–Trinajstić information content (AvgIpc) is 2.05. The second kappa shape index (κ2) is 6.51. The van der Waals surface area contributed by atoms with Gasteiger partial charge in [-0.2, -0.15) is 0 Å². The maximum Gasteiger partial charge on any atom is 0.339 e. The molecule has 0 aromatic heterocycles. The Kier molecular flexibility index (Phi) is 5.86. The Balaban J connectivity index is 3.46. The standard InChI is InChI=1S/C7H10O5/c1-2-6(9)12-7(10)5-11-4-3-8/h2,8H,1,3-5H2. The number of hydrogen-bond acceptors (Lipinski definition) is 5. The average molecular weight is 174 g/mol. The van der Waals surface area contributed by atoms with E-state index in [0.29, 0.717) is 0 Å². The van der Waals surface area contributed by atoms with E-state index in [2.05, 4.69) is 16.1 Å². The minimum absolute atomic E-state index is 0.0391. The Morgan fingerprint density at radius 2 is 2.17 bits per heavy atom. The third-order valence-electron chi connectivity index (χ3n) is 0.837. The van der Waals surface area contributed by atoms with Crippen molar-refractivity contribution >= 4 is 11.9 Å². The van der Waals surface area contributed by atoms with E-state index in [9.17, 15) is 9.59 Å². The van der Waals surface area contributed by atoms with Crippen molar-refractivity contribution in [3.8, 4) is 0 Å². The third-order valence-corrected chi connectivity index (χ3v) is 0.837. The van der Waals surface area contributed by atoms with Crippen molar-refractivity contribution in [3.63, 3.8) is 0 Å². The van der Waals surface area contributed by atoms with E-state index in [4.69, 9.17) is 5.11 Å². The summed E-state index contributed by atoms with van der Waals surface area (Å²) in [4.78, 5) is 21.0. The topological polar surface area (TPSA) is 72.8 Å². The Morgan fingerprint density at radius 1 is 1.50 bits per heavy atom. The zero-order valence-electron chi connectivity index (χ0n) is 6.49. The summed E-state index contributed by atoms with van der Waals surface area (Å²) in [5.74, 6) is -1.61. The minimum atomic E-state index is -0.812. The second-order valence-electron chi connectivity index (χ2n) is 1.77. The summed E-state index contributed by atoms with van der Waals surface area (Å²) in [5, 5.41) is 8.25. The van der Waals surface area contributed by atoms with E-state index in [1.807, 2.05) is 0 Å². The van der Waals surface area contributed by atoms with E-state index in [1.165, 1.54) is 0 Å². The van der Waals surface area contributed by atoms with Crippen LogP contribution in [0.5, 0.6) is 0 Å². The number of hydrogen-bond donors (Lipinski definition) is 1. The molecule has 0 heterocycles. The van der Waals surface area contributed by atoms with Gasteiger partial charge in [-0.05, 0) is 0 Å². The number of carbonyl (C=O) groups is 2. The molecule has 0 aromatic carbocycles. The van der Waals surface area contributed by atoms with Gasteiger partial charge in [-0.1, -0.05) is 6.58 Å². The molecule has 0 aliphatic carbocycles. The molecule has 12 heavy (non-hydrogen) atoms. The highest BCUT2D eigenvalue weighted by Crippen LogP contribution is 1.83. The molecule has 0 spiro atoms. The van der Waals surface area contributed by atoms with Crippen LogP contribution in [0.15, 0.2) is 12.7 Å². The molecule has 0 saturated carbocycles. The summed E-state index contributed by atoms with van der Waals surface area (Å²) in [5.41, 5.74) is 0. The second-order valence-corrected chi connectivity index (χ2v) is 1.77. The number of esters is 2. The first-order chi connectivity index (χ1) is 5.70. The lowest BCUT2D eigenvalue weighted by molar-refractivity contribution is -0.159. The highest BCUT2D eigenvalue weighted by molar-refractivity contribution is 5.92. The van der Waals surface area contributed by atoms with Crippen LogP contribution in [0, 0.1) is 0 Å². The van der Waals surface area contributed by atoms with E-state index in [-0.39, 0.29) is 19.8 Å². The van der Waals surface area contributed by atoms with Crippen LogP contribution in [0.3, 0.4) is 0 Å². The lowest BCUT2D eigenvalue weighted by Crippen LogP contribution is -2.17. The predicted molar refractivity (Wildman–Crippen MR) is 39.2 cm³/mol. The first kappa shape index (κ1) is 10.8. The van der Waals surface area contributed by atoms with Crippen molar-refractivity contribution in [2.75, 3.05) is 19.8 Å². The van der Waals surface area contributed by atoms with Gasteiger partial charge >= 0.3 is 11.9 Å². The molecule has 1 N–H and O–H groups in total. The van der Waals surface area contributed by atoms with E-state index in [1.54, 1.807) is 0 Å². The Labute approximate surface area is 69.6 Å². The summed E-state index contributed by atoms with van der Waals surface area (Å²) >= 11 is 0. The fraction of sp³-hybridized carbons (Fsp3) is 0.429. The molecule has 68 valence electrons. The quantitative estimate of drug-likeness (QED) is 0.257. The highest BCUT2D eigenvalue weighted by Gasteiger charge is 2.06. The van der Waals surface area contributed by atoms with Gasteiger partial charge in [0.25, 0.3) is 0 Å². The van der Waals surface area contributed by atoms with Crippen molar-refractivity contribution < 1.29 is 24.2 Å². The van der Waals surface area contributed by atoms with Crippen molar-refractivity contribution in [3.05, 3.63) is 12.7 Å². The number of aliphatic hydroxyl groups excluding tert-OH is 1. The molecule has 0 amide bonds. The maximum atomic E-state index is 10.6. The lowest BCUT2D eigenvalue weighted by Gasteiger charge is -1.99. The molecule has 0 aliphatic heterocycles. The van der Waals surface area contributed by atoms with Crippen LogP contribution in [-0.4, -0.2) is 36.9 Å². The Bertz CT molecular complexity index is 175. The molecule has 5 nitrogen and oxygen atoms in total. The van der Waals surface area contributed by atoms with Crippen LogP contribution in [-0.2, 0) is 19.1 Å². The summed E-state index contributed by atoms with van der Waals surface area (Å²) < 4.78 is 8.72. The van der Waals surface area contributed by atoms with Crippen LogP contribution in [0.1, 0.15) is 0 Å². The van der Waals surface area contributed by atoms with Gasteiger partial charge in [0.05, 0.1) is 13.2 Å². The first-order valence-corrected chi connectivity index (χ1v) is 3.26. The fourth-order valence-electron chi connectivity index (χ4n) is 0.403. The van der Waals surface area contributed by atoms with Gasteiger partial charge in [-0.15, -0.1) is 0 Å². The molecular weight excluding hydrogens is 164 g/mol. The number of ether oxygens (including phenoxy) is 2. The Hall–Kier alpha value is -1.20. The molecule has 0 saturated heterocycles. The highest BCUT2D eigenvalue weighted by atomic mass is 16.6. The molecule has 0 fully saturated rings. The Morgan fingerprint density at radius 3 is 2.67 bits per heavy atom. The zero-order chi connectivity index (χ0) is 9.40. The van der Waals surface area contributed by atoms with Crippen molar-refractivity contribution in [1.82, 2.24) is 0 Å². The predicted octanol–water partition coefficient (Wildman–Crippen LogP) is -0.749. The summed E-state index contributed by atoms with van der Waals surface area (Å²) in [6, 6.07) is 0. The molecule has 0 rings (SSSR count). The number of aliphatic hydroxyl groups is 1. The summed E-state index contributed by atoms with van der Waals surface area (Å²) in [7, 11) is 0. The van der Waals surface area contributed by atoms with Gasteiger partial charge < -0.3 is 14.6 Å². The van der Waals surface area contributed by atoms with Crippen LogP contribution >= 0.6 is 0 Å². The monoisotopic (exact) mass is 174 g/mol. The number of carbonyl (C=O) groups excluding carboxylic acids is 2. The number of rotatable bonds is 5. The SMILES string of the molecule is C=CC(=O)OC(=O)COCCO. The van der Waals surface area contributed by atoms with Gasteiger partial charge in [-0.3, -0.25) is 0 Å². The first-order valence-electron chi connectivity index (χ1n) is 3.26. The molecule has 0 aromatic rings. The van der Waals surface area contributed by atoms with Crippen molar-refractivity contribution in [2.45, 2.75) is 0 Å². The van der Waals surface area contributed by atoms with Crippen LogP contribution in [0.25, 0.3) is 0 Å². The van der Waals surface area contributed by atoms with E-state index >= 15 is 0 Å². The van der Waals surface area contributed by atoms with Gasteiger partial charge in [0.15, 0.2) is 0 Å². The van der Waals surface area contributed by atoms with Crippen LogP contribution in [0.4, 0.5) is 0 Å². The molecule has 5 heteroatoms. The minimum Gasteiger partial charge on any atom is -0.394 e. The zero-order valence-corrected chi connectivity index (χ0v) is 6.49. The van der Waals surface area contributed by atoms with E-state index in [0.717, 1.165) is 6.08 Å². The largest absolute Gasteiger partial charge is 0.394 e. The van der Waals surface area contributed by atoms with Gasteiger partial charge in [0.1, 0.15) is 6.61 Å². The normalized spacial score (nSPS) is 9.08. The molecule has 0 unspecified atom stereocenters. The van der Waals surface area contributed by atoms with Crippen molar-refractivity contribution in [2.24, 2.45) is 0 Å². The molecule has 0 aliphatic rings. The molecule has 0 atom stereocenters. The fourth-order valence-corrected chi connectivity index (χ4v) is 0.403. The maximum absolute atomic E-state index is 10.6. The molecule has 0 radical (unpaired) electrons. The van der Waals surface area contributed by atoms with E-state index < -0.39 is 11.9 Å². The summed E-state index contributed by atoms with van der Waals surface area (Å²) in [6.07, 6.45) is 0.879. The summed E-state index contributed by atoms with van der Waals surface area (Å²) in [6.45, 7) is 2.62. The van der Waals surface area contributed by atoms with Crippen LogP contribution in [0.2, 0.25) is 0 Å². The van der Waals surface area contributed by atoms with Gasteiger partial charge in [-0.25, -0.2) is 9.59 Å². The molecular formula is C7H10O5. The lowest BCUT2D eigenvalue weighted by atomic mass is 10.6. The smallest absolute Gasteiger partial charge is 0.339 e. The third kappa shape index (κ3) is 5.57. The van der Waals surface area contributed by atoms with Gasteiger partial charge in [0.2, 0.25) is 0 Å². The van der Waals surface area contributed by atoms with Gasteiger partial charge in [0, 0.05) is 6.08 Å². The van der Waals surface area contributed by atoms with Crippen molar-refractivity contribution in [1.29, 1.82) is 0 Å². The van der Waals surface area contributed by atoms with Crippen LogP contribution < -0.4 is 0 Å². The molecule has 0 bridgehead atoms.